The molecule has 0 aromatic heterocycles. The maximum atomic E-state index is 12.3. The molecule has 1 amide bonds. The summed E-state index contributed by atoms with van der Waals surface area (Å²) < 4.78 is 4.76. The van der Waals surface area contributed by atoms with Gasteiger partial charge in [-0.05, 0) is 44.7 Å². The van der Waals surface area contributed by atoms with Crippen molar-refractivity contribution >= 4 is 11.9 Å². The molecule has 0 bridgehead atoms. The zero-order valence-electron chi connectivity index (χ0n) is 12.2. The number of benzene rings is 1. The molecule has 0 aliphatic heterocycles. The van der Waals surface area contributed by atoms with Crippen LogP contribution in [0.25, 0.3) is 0 Å². The molecule has 1 fully saturated rings. The van der Waals surface area contributed by atoms with Gasteiger partial charge in [0.1, 0.15) is 0 Å². The van der Waals surface area contributed by atoms with E-state index in [9.17, 15) is 9.59 Å². The topological polar surface area (TPSA) is 55.4 Å². The Bertz CT molecular complexity index is 524. The smallest absolute Gasteiger partial charge is 0.308 e. The molecular formula is C16H21NO3. The van der Waals surface area contributed by atoms with Crippen molar-refractivity contribution in [3.63, 3.8) is 0 Å². The Morgan fingerprint density at radius 3 is 2.70 bits per heavy atom. The molecule has 0 heterocycles. The molecule has 0 spiro atoms. The summed E-state index contributed by atoms with van der Waals surface area (Å²) in [4.78, 5) is 23.8. The van der Waals surface area contributed by atoms with Crippen molar-refractivity contribution in [2.75, 3.05) is 7.11 Å². The first-order chi connectivity index (χ1) is 9.51. The number of hydrogen-bond acceptors (Lipinski definition) is 3. The van der Waals surface area contributed by atoms with Gasteiger partial charge < -0.3 is 10.1 Å². The van der Waals surface area contributed by atoms with Gasteiger partial charge in [0.25, 0.3) is 5.91 Å². The van der Waals surface area contributed by atoms with Crippen molar-refractivity contribution in [2.24, 2.45) is 5.92 Å². The summed E-state index contributed by atoms with van der Waals surface area (Å²) in [5.41, 5.74) is 2.75. The second-order valence-corrected chi connectivity index (χ2v) is 5.52. The van der Waals surface area contributed by atoms with Gasteiger partial charge in [-0.3, -0.25) is 9.59 Å². The number of methoxy groups -OCH3 is 1. The van der Waals surface area contributed by atoms with Crippen molar-refractivity contribution in [2.45, 2.75) is 39.2 Å². The summed E-state index contributed by atoms with van der Waals surface area (Å²) in [5.74, 6) is -0.306. The third-order valence-corrected chi connectivity index (χ3v) is 3.94. The molecule has 1 aromatic carbocycles. The lowest BCUT2D eigenvalue weighted by molar-refractivity contribution is -0.145. The van der Waals surface area contributed by atoms with Crippen LogP contribution in [-0.4, -0.2) is 25.0 Å². The van der Waals surface area contributed by atoms with E-state index in [1.54, 1.807) is 0 Å². The standard InChI is InChI=1S/C16H21NO3/c1-10-4-5-11(2)14(8-10)15(18)17-13-7-6-12(9-13)16(19)20-3/h4-5,8,12-13H,6-7,9H2,1-3H3,(H,17,18)/t12-,13+/m0/s1. The average Bonchev–Trinajstić information content (AvgIpc) is 2.89. The number of ether oxygens (including phenoxy) is 1. The van der Waals surface area contributed by atoms with Crippen molar-refractivity contribution in [3.05, 3.63) is 34.9 Å². The number of esters is 1. The minimum Gasteiger partial charge on any atom is -0.469 e. The zero-order valence-corrected chi connectivity index (χ0v) is 12.2. The fraction of sp³-hybridized carbons (Fsp3) is 0.500. The van der Waals surface area contributed by atoms with Crippen LogP contribution in [0.5, 0.6) is 0 Å². The highest BCUT2D eigenvalue weighted by atomic mass is 16.5. The highest BCUT2D eigenvalue weighted by Gasteiger charge is 2.31. The van der Waals surface area contributed by atoms with E-state index in [1.807, 2.05) is 32.0 Å². The number of rotatable bonds is 3. The maximum Gasteiger partial charge on any atom is 0.308 e. The van der Waals surface area contributed by atoms with E-state index in [2.05, 4.69) is 5.32 Å². The molecule has 0 radical (unpaired) electrons. The quantitative estimate of drug-likeness (QED) is 0.862. The molecule has 4 nitrogen and oxygen atoms in total. The summed E-state index contributed by atoms with van der Waals surface area (Å²) >= 11 is 0. The lowest BCUT2D eigenvalue weighted by Gasteiger charge is -2.14. The number of hydrogen-bond donors (Lipinski definition) is 1. The van der Waals surface area contributed by atoms with E-state index in [0.29, 0.717) is 12.0 Å². The Kier molecular flexibility index (Phi) is 4.42. The fourth-order valence-corrected chi connectivity index (χ4v) is 2.74. The van der Waals surface area contributed by atoms with Crippen LogP contribution in [-0.2, 0) is 9.53 Å². The normalized spacial score (nSPS) is 21.6. The Hall–Kier alpha value is -1.84. The summed E-state index contributed by atoms with van der Waals surface area (Å²) in [6, 6.07) is 5.91. The molecule has 4 heteroatoms. The molecule has 1 N–H and O–H groups in total. The van der Waals surface area contributed by atoms with Crippen LogP contribution in [0.1, 0.15) is 40.7 Å². The molecule has 2 rings (SSSR count). The first kappa shape index (κ1) is 14.6. The predicted molar refractivity (Wildman–Crippen MR) is 76.5 cm³/mol. The second kappa shape index (κ2) is 6.07. The lowest BCUT2D eigenvalue weighted by Crippen LogP contribution is -2.33. The van der Waals surface area contributed by atoms with E-state index in [0.717, 1.165) is 24.0 Å². The summed E-state index contributed by atoms with van der Waals surface area (Å²) in [6.45, 7) is 3.90. The number of aryl methyl sites for hydroxylation is 2. The molecule has 1 aliphatic rings. The van der Waals surface area contributed by atoms with Crippen molar-refractivity contribution < 1.29 is 14.3 Å². The minimum atomic E-state index is -0.173. The van der Waals surface area contributed by atoms with Crippen LogP contribution in [0.2, 0.25) is 0 Å². The van der Waals surface area contributed by atoms with E-state index in [4.69, 9.17) is 4.74 Å². The Morgan fingerprint density at radius 1 is 1.25 bits per heavy atom. The second-order valence-electron chi connectivity index (χ2n) is 5.52. The van der Waals surface area contributed by atoms with Gasteiger partial charge in [0, 0.05) is 11.6 Å². The third kappa shape index (κ3) is 3.18. The van der Waals surface area contributed by atoms with E-state index in [-0.39, 0.29) is 23.8 Å². The van der Waals surface area contributed by atoms with Crippen molar-refractivity contribution in [1.29, 1.82) is 0 Å². The van der Waals surface area contributed by atoms with Gasteiger partial charge in [-0.25, -0.2) is 0 Å². The third-order valence-electron chi connectivity index (χ3n) is 3.94. The first-order valence-electron chi connectivity index (χ1n) is 6.97. The molecule has 2 atom stereocenters. The van der Waals surface area contributed by atoms with Gasteiger partial charge in [-0.2, -0.15) is 0 Å². The molecule has 108 valence electrons. The van der Waals surface area contributed by atoms with Crippen LogP contribution >= 0.6 is 0 Å². The lowest BCUT2D eigenvalue weighted by atomic mass is 10.0. The Labute approximate surface area is 119 Å². The predicted octanol–water partition coefficient (Wildman–Crippen LogP) is 2.37. The summed E-state index contributed by atoms with van der Waals surface area (Å²) in [5, 5.41) is 3.03. The van der Waals surface area contributed by atoms with E-state index in [1.165, 1.54) is 7.11 Å². The van der Waals surface area contributed by atoms with E-state index < -0.39 is 0 Å². The van der Waals surface area contributed by atoms with Crippen LogP contribution in [0.3, 0.4) is 0 Å². The molecule has 1 saturated carbocycles. The van der Waals surface area contributed by atoms with Gasteiger partial charge in [0.05, 0.1) is 13.0 Å². The summed E-state index contributed by atoms with van der Waals surface area (Å²) in [6.07, 6.45) is 2.28. The van der Waals surface area contributed by atoms with Crippen molar-refractivity contribution in [3.8, 4) is 0 Å². The highest BCUT2D eigenvalue weighted by molar-refractivity contribution is 5.96. The molecule has 1 aliphatic carbocycles. The fourth-order valence-electron chi connectivity index (χ4n) is 2.74. The Morgan fingerprint density at radius 2 is 2.00 bits per heavy atom. The number of carbonyl (C=O) groups excluding carboxylic acids is 2. The zero-order chi connectivity index (χ0) is 14.7. The van der Waals surface area contributed by atoms with Gasteiger partial charge >= 0.3 is 5.97 Å². The van der Waals surface area contributed by atoms with Crippen LogP contribution in [0.15, 0.2) is 18.2 Å². The molecule has 20 heavy (non-hydrogen) atoms. The molecular weight excluding hydrogens is 254 g/mol. The van der Waals surface area contributed by atoms with Crippen LogP contribution in [0, 0.1) is 19.8 Å². The number of nitrogens with one attached hydrogen (secondary N) is 1. The van der Waals surface area contributed by atoms with Crippen LogP contribution < -0.4 is 5.32 Å². The number of carbonyl (C=O) groups is 2. The monoisotopic (exact) mass is 275 g/mol. The summed E-state index contributed by atoms with van der Waals surface area (Å²) in [7, 11) is 1.41. The van der Waals surface area contributed by atoms with Gasteiger partial charge in [0.15, 0.2) is 0 Å². The molecule has 0 saturated heterocycles. The minimum absolute atomic E-state index is 0.0540. The molecule has 0 unspecified atom stereocenters. The average molecular weight is 275 g/mol. The van der Waals surface area contributed by atoms with Crippen LogP contribution in [0.4, 0.5) is 0 Å². The maximum absolute atomic E-state index is 12.3. The number of amides is 1. The van der Waals surface area contributed by atoms with Gasteiger partial charge in [-0.1, -0.05) is 17.7 Å². The van der Waals surface area contributed by atoms with Gasteiger partial charge in [-0.15, -0.1) is 0 Å². The largest absolute Gasteiger partial charge is 0.469 e. The van der Waals surface area contributed by atoms with Crippen molar-refractivity contribution in [1.82, 2.24) is 5.32 Å². The first-order valence-corrected chi connectivity index (χ1v) is 6.97. The van der Waals surface area contributed by atoms with Gasteiger partial charge in [0.2, 0.25) is 0 Å². The SMILES string of the molecule is COC(=O)[C@H]1CC[C@@H](NC(=O)c2cc(C)ccc2C)C1. The molecule has 1 aromatic rings. The Balaban J connectivity index is 1.99. The van der Waals surface area contributed by atoms with E-state index >= 15 is 0 Å². The highest BCUT2D eigenvalue weighted by Crippen LogP contribution is 2.27.